The Morgan fingerprint density at radius 3 is 1.95 bits per heavy atom. The van der Waals surface area contributed by atoms with Crippen LogP contribution in [0.1, 0.15) is 59.8 Å². The minimum atomic E-state index is -1.45. The zero-order valence-electron chi connectivity index (χ0n) is 16.8. The molecule has 0 radical (unpaired) electrons. The Bertz CT molecular complexity index is 298. The molecule has 0 aromatic rings. The monoisotopic (exact) mass is 359 g/mol. The van der Waals surface area contributed by atoms with Gasteiger partial charge in [-0.15, -0.1) is 5.54 Å². The number of hydrogen-bond acceptors (Lipinski definition) is 0. The summed E-state index contributed by atoms with van der Waals surface area (Å²) < 4.78 is 0. The summed E-state index contributed by atoms with van der Waals surface area (Å²) in [5, 5.41) is 0. The maximum Gasteiger partial charge on any atom is 4.00 e. The molecule has 1 nitrogen and oxygen atoms in total. The average Bonchev–Trinajstić information content (AvgIpc) is 2.49. The van der Waals surface area contributed by atoms with Crippen LogP contribution in [0.4, 0.5) is 0 Å². The Balaban J connectivity index is -0.000000902. The molecule has 4 unspecified atom stereocenters. The Morgan fingerprint density at radius 1 is 0.955 bits per heavy atom. The van der Waals surface area contributed by atoms with Gasteiger partial charge in [0.1, 0.15) is 0 Å². The third-order valence-corrected chi connectivity index (χ3v) is 9.03. The van der Waals surface area contributed by atoms with Crippen molar-refractivity contribution in [3.05, 3.63) is 27.3 Å². The van der Waals surface area contributed by atoms with Gasteiger partial charge in [-0.2, -0.15) is 0 Å². The van der Waals surface area contributed by atoms with Crippen LogP contribution in [0.2, 0.25) is 18.6 Å². The van der Waals surface area contributed by atoms with E-state index < -0.39 is 8.24 Å². The van der Waals surface area contributed by atoms with Gasteiger partial charge in [0.05, 0.1) is 0 Å². The Kier molecular flexibility index (Phi) is 12.6. The molecule has 0 amide bonds. The third kappa shape index (κ3) is 6.42. The number of fused-ring (bicyclic) bond motifs is 1. The van der Waals surface area contributed by atoms with Gasteiger partial charge in [0.2, 0.25) is 0 Å². The molecular weight excluding hydrogens is 318 g/mol. The fourth-order valence-corrected chi connectivity index (χ4v) is 10.1. The molecule has 0 saturated heterocycles. The number of hydrogen-bond donors (Lipinski definition) is 0. The smallest absolute Gasteiger partial charge is 0.660 e. The van der Waals surface area contributed by atoms with E-state index in [1.54, 1.807) is 0 Å². The van der Waals surface area contributed by atoms with Crippen LogP contribution in [0.5, 0.6) is 0 Å². The number of rotatable bonds is 2. The van der Waals surface area contributed by atoms with E-state index in [0.717, 1.165) is 23.3 Å². The Morgan fingerprint density at radius 2 is 1.45 bits per heavy atom. The normalized spacial score (nSPS) is 30.8. The summed E-state index contributed by atoms with van der Waals surface area (Å²) in [6, 6.07) is 0. The van der Waals surface area contributed by atoms with Crippen LogP contribution in [0.25, 0.3) is 4.98 Å². The van der Waals surface area contributed by atoms with Crippen molar-refractivity contribution >= 4 is 8.24 Å². The molecule has 2 aliphatic carbocycles. The second-order valence-corrected chi connectivity index (χ2v) is 12.6. The fourth-order valence-electron chi connectivity index (χ4n) is 5.21. The summed E-state index contributed by atoms with van der Waals surface area (Å²) in [6.45, 7) is 14.4. The number of nitrogens with zero attached hydrogens (tertiary/aromatic N) is 1. The van der Waals surface area contributed by atoms with Crippen molar-refractivity contribution in [2.75, 3.05) is 0 Å². The van der Waals surface area contributed by atoms with Crippen molar-refractivity contribution in [1.29, 1.82) is 0 Å². The third-order valence-electron chi connectivity index (χ3n) is 5.16. The van der Waals surface area contributed by atoms with E-state index >= 15 is 0 Å². The van der Waals surface area contributed by atoms with E-state index in [4.69, 9.17) is 4.98 Å². The SMILES string of the molecule is CC1CC2CCCCC2C1[Si](C)(C)[N-]C(C)(C)C.[CH3-].[CH3-].[CH3-].[Ti+4]. The van der Waals surface area contributed by atoms with Gasteiger partial charge >= 0.3 is 21.7 Å². The molecule has 2 saturated carbocycles. The largest absolute Gasteiger partial charge is 4.00 e. The Hall–Kier alpha value is 0.891. The molecule has 4 atom stereocenters. The van der Waals surface area contributed by atoms with Gasteiger partial charge in [-0.05, 0) is 24.2 Å². The van der Waals surface area contributed by atoms with Crippen molar-refractivity contribution in [1.82, 2.24) is 0 Å². The summed E-state index contributed by atoms with van der Waals surface area (Å²) >= 11 is 0. The summed E-state index contributed by atoms with van der Waals surface area (Å²) in [5.74, 6) is 2.98. The summed E-state index contributed by atoms with van der Waals surface area (Å²) in [7, 11) is -1.45. The van der Waals surface area contributed by atoms with Crippen molar-refractivity contribution in [3.8, 4) is 0 Å². The molecule has 0 bridgehead atoms. The molecule has 0 aromatic heterocycles. The molecule has 2 rings (SSSR count). The Labute approximate surface area is 158 Å². The first-order chi connectivity index (χ1) is 8.21. The predicted molar refractivity (Wildman–Crippen MR) is 103 cm³/mol. The first kappa shape index (κ1) is 27.7. The van der Waals surface area contributed by atoms with Crippen LogP contribution < -0.4 is 0 Å². The van der Waals surface area contributed by atoms with Crippen LogP contribution in [0.3, 0.4) is 0 Å². The standard InChI is InChI=1S/C16H32NSi.3CH3.Ti/c1-12-11-13-9-7-8-10-14(13)15(12)18(5,6)17-16(2,3)4;;;;/h12-15H,7-11H2,1-6H3;3*1H3;/q4*-1;+4. The second kappa shape index (κ2) is 10.0. The fraction of sp³-hybridized carbons (Fsp3) is 0.842. The average molecular weight is 359 g/mol. The van der Waals surface area contributed by atoms with E-state index in [2.05, 4.69) is 40.8 Å². The maximum atomic E-state index is 5.30. The molecular formula is C19H41NSiTi. The molecule has 0 heterocycles. The topological polar surface area (TPSA) is 14.1 Å². The van der Waals surface area contributed by atoms with Crippen LogP contribution >= 0.6 is 0 Å². The summed E-state index contributed by atoms with van der Waals surface area (Å²) in [5.41, 5.74) is 1.10. The molecule has 0 N–H and O–H groups in total. The van der Waals surface area contributed by atoms with Gasteiger partial charge in [0.25, 0.3) is 0 Å². The summed E-state index contributed by atoms with van der Waals surface area (Å²) in [4.78, 5) is 5.30. The van der Waals surface area contributed by atoms with Gasteiger partial charge in [-0.1, -0.05) is 80.2 Å². The zero-order valence-corrected chi connectivity index (χ0v) is 19.4. The molecule has 22 heavy (non-hydrogen) atoms. The van der Waals surface area contributed by atoms with E-state index in [-0.39, 0.29) is 49.5 Å². The quantitative estimate of drug-likeness (QED) is 0.375. The van der Waals surface area contributed by atoms with Crippen molar-refractivity contribution in [2.45, 2.75) is 84.0 Å². The second-order valence-electron chi connectivity index (χ2n) is 8.38. The molecule has 3 heteroatoms. The minimum absolute atomic E-state index is 0. The molecule has 2 aliphatic rings. The van der Waals surface area contributed by atoms with Crippen molar-refractivity contribution in [3.63, 3.8) is 0 Å². The van der Waals surface area contributed by atoms with Gasteiger partial charge in [-0.3, -0.25) is 0 Å². The van der Waals surface area contributed by atoms with E-state index in [1.807, 2.05) is 0 Å². The predicted octanol–water partition coefficient (Wildman–Crippen LogP) is 6.93. The van der Waals surface area contributed by atoms with Crippen LogP contribution in [-0.4, -0.2) is 13.8 Å². The van der Waals surface area contributed by atoms with Crippen molar-refractivity contribution < 1.29 is 21.7 Å². The van der Waals surface area contributed by atoms with Crippen LogP contribution in [0.15, 0.2) is 0 Å². The first-order valence-electron chi connectivity index (χ1n) is 7.95. The van der Waals surface area contributed by atoms with Crippen LogP contribution in [-0.2, 0) is 21.7 Å². The molecule has 0 aliphatic heterocycles. The van der Waals surface area contributed by atoms with E-state index in [9.17, 15) is 0 Å². The summed E-state index contributed by atoms with van der Waals surface area (Å²) in [6.07, 6.45) is 7.45. The molecule has 0 spiro atoms. The van der Waals surface area contributed by atoms with E-state index in [1.165, 1.54) is 32.1 Å². The molecule has 130 valence electrons. The zero-order chi connectivity index (χ0) is 13.6. The minimum Gasteiger partial charge on any atom is -0.660 e. The van der Waals surface area contributed by atoms with Gasteiger partial charge < -0.3 is 27.3 Å². The first-order valence-corrected chi connectivity index (χ1v) is 11.0. The van der Waals surface area contributed by atoms with Gasteiger partial charge in [0.15, 0.2) is 0 Å². The molecule has 0 aromatic carbocycles. The molecule has 2 fully saturated rings. The maximum absolute atomic E-state index is 5.30. The van der Waals surface area contributed by atoms with E-state index in [0.29, 0.717) is 0 Å². The van der Waals surface area contributed by atoms with Gasteiger partial charge in [0, 0.05) is 0 Å². The van der Waals surface area contributed by atoms with Gasteiger partial charge in [-0.25, -0.2) is 0 Å². The van der Waals surface area contributed by atoms with Crippen molar-refractivity contribution in [2.24, 2.45) is 17.8 Å². The van der Waals surface area contributed by atoms with Crippen LogP contribution in [0, 0.1) is 40.0 Å².